The summed E-state index contributed by atoms with van der Waals surface area (Å²) < 4.78 is 32.7. The first-order valence-electron chi connectivity index (χ1n) is 9.47. The van der Waals surface area contributed by atoms with Crippen molar-refractivity contribution in [3.05, 3.63) is 54.1 Å². The third-order valence-corrected chi connectivity index (χ3v) is 6.57. The Morgan fingerprint density at radius 1 is 1.07 bits per heavy atom. The van der Waals surface area contributed by atoms with Crippen LogP contribution in [0.2, 0.25) is 0 Å². The monoisotopic (exact) mass is 418 g/mol. The molecule has 1 fully saturated rings. The summed E-state index contributed by atoms with van der Waals surface area (Å²) in [4.78, 5) is 13.3. The molecule has 156 valence electrons. The van der Waals surface area contributed by atoms with Gasteiger partial charge in [-0.25, -0.2) is 8.42 Å². The van der Waals surface area contributed by atoms with Crippen LogP contribution in [0.3, 0.4) is 0 Å². The molecule has 0 bridgehead atoms. The van der Waals surface area contributed by atoms with Gasteiger partial charge in [0, 0.05) is 26.3 Å². The second kappa shape index (κ2) is 8.84. The predicted molar refractivity (Wildman–Crippen MR) is 111 cm³/mol. The minimum absolute atomic E-state index is 0.0255. The van der Waals surface area contributed by atoms with Crippen LogP contribution in [-0.2, 0) is 21.4 Å². The molecular weight excluding hydrogens is 392 g/mol. The number of rotatable bonds is 10. The summed E-state index contributed by atoms with van der Waals surface area (Å²) in [5.74, 6) is 0.00568. The molecule has 0 unspecified atom stereocenters. The molecular formula is C21H26N2O5S. The largest absolute Gasteiger partial charge is 0.493 e. The average molecular weight is 419 g/mol. The highest BCUT2D eigenvalue weighted by molar-refractivity contribution is 7.89. The van der Waals surface area contributed by atoms with Crippen molar-refractivity contribution in [1.82, 2.24) is 4.31 Å². The molecule has 7 nitrogen and oxygen atoms in total. The van der Waals surface area contributed by atoms with Crippen LogP contribution in [0.1, 0.15) is 18.4 Å². The van der Waals surface area contributed by atoms with Gasteiger partial charge in [0.1, 0.15) is 12.3 Å². The second-order valence-corrected chi connectivity index (χ2v) is 9.39. The molecule has 0 aromatic heterocycles. The highest BCUT2D eigenvalue weighted by Gasteiger charge is 2.27. The van der Waals surface area contributed by atoms with Gasteiger partial charge in [-0.1, -0.05) is 12.1 Å². The number of carboxylic acids is 1. The quantitative estimate of drug-likeness (QED) is 0.638. The van der Waals surface area contributed by atoms with Crippen molar-refractivity contribution >= 4 is 21.7 Å². The van der Waals surface area contributed by atoms with Crippen LogP contribution in [0, 0.1) is 5.92 Å². The summed E-state index contributed by atoms with van der Waals surface area (Å²) in [6, 6.07) is 13.5. The lowest BCUT2D eigenvalue weighted by Crippen LogP contribution is -2.35. The molecule has 0 saturated heterocycles. The molecule has 1 aliphatic carbocycles. The number of hydrogen-bond acceptors (Lipinski definition) is 5. The lowest BCUT2D eigenvalue weighted by molar-refractivity contribution is -0.137. The first-order valence-corrected chi connectivity index (χ1v) is 10.9. The lowest BCUT2D eigenvalue weighted by atomic mass is 10.2. The van der Waals surface area contributed by atoms with E-state index in [1.165, 1.54) is 25.0 Å². The topological polar surface area (TPSA) is 87.2 Å². The van der Waals surface area contributed by atoms with E-state index in [1.807, 2.05) is 31.1 Å². The fourth-order valence-corrected chi connectivity index (χ4v) is 4.21. The van der Waals surface area contributed by atoms with Gasteiger partial charge in [-0.05, 0) is 60.7 Å². The molecule has 0 aliphatic heterocycles. The Hall–Kier alpha value is -2.58. The summed E-state index contributed by atoms with van der Waals surface area (Å²) in [6.07, 6.45) is 2.35. The molecule has 0 radical (unpaired) electrons. The third kappa shape index (κ3) is 5.71. The lowest BCUT2D eigenvalue weighted by Gasteiger charge is -2.21. The molecule has 1 aliphatic rings. The van der Waals surface area contributed by atoms with Gasteiger partial charge in [-0.3, -0.25) is 4.79 Å². The minimum Gasteiger partial charge on any atom is -0.493 e. The van der Waals surface area contributed by atoms with Crippen molar-refractivity contribution in [3.8, 4) is 5.75 Å². The van der Waals surface area contributed by atoms with Gasteiger partial charge in [0.25, 0.3) is 0 Å². The Labute approximate surface area is 171 Å². The van der Waals surface area contributed by atoms with E-state index in [1.54, 1.807) is 24.3 Å². The first kappa shape index (κ1) is 21.1. The Bertz CT molecular complexity index is 936. The van der Waals surface area contributed by atoms with Crippen molar-refractivity contribution in [2.45, 2.75) is 24.3 Å². The van der Waals surface area contributed by atoms with Crippen molar-refractivity contribution in [2.75, 3.05) is 32.1 Å². The summed E-state index contributed by atoms with van der Waals surface area (Å²) in [5.41, 5.74) is 1.69. The maximum atomic E-state index is 13.0. The zero-order valence-electron chi connectivity index (χ0n) is 16.6. The molecule has 29 heavy (non-hydrogen) atoms. The van der Waals surface area contributed by atoms with Crippen LogP contribution in [0.25, 0.3) is 0 Å². The first-order chi connectivity index (χ1) is 13.8. The number of nitrogens with zero attached hydrogens (tertiary/aromatic N) is 2. The average Bonchev–Trinajstić information content (AvgIpc) is 3.51. The van der Waals surface area contributed by atoms with Crippen LogP contribution in [0.5, 0.6) is 5.75 Å². The Morgan fingerprint density at radius 2 is 1.69 bits per heavy atom. The highest BCUT2D eigenvalue weighted by atomic mass is 32.2. The van der Waals surface area contributed by atoms with Crippen molar-refractivity contribution < 1.29 is 23.1 Å². The standard InChI is InChI=1S/C21H26N2O5S/c1-22(2)18-7-5-16(6-8-18)13-23(14-21(24)25)29(26,27)20-11-9-19(10-12-20)28-15-17-3-4-17/h5-12,17H,3-4,13-15H2,1-2H3,(H,24,25). The van der Waals surface area contributed by atoms with E-state index in [-0.39, 0.29) is 11.4 Å². The van der Waals surface area contributed by atoms with E-state index in [2.05, 4.69) is 0 Å². The number of ether oxygens (including phenoxy) is 1. The predicted octanol–water partition coefficient (Wildman–Crippen LogP) is 2.82. The number of anilines is 1. The van der Waals surface area contributed by atoms with Gasteiger partial charge >= 0.3 is 5.97 Å². The Morgan fingerprint density at radius 3 is 2.21 bits per heavy atom. The summed E-state index contributed by atoms with van der Waals surface area (Å²) in [6.45, 7) is 0.000149. The highest BCUT2D eigenvalue weighted by Crippen LogP contribution is 2.30. The molecule has 0 heterocycles. The zero-order valence-corrected chi connectivity index (χ0v) is 17.4. The SMILES string of the molecule is CN(C)c1ccc(CN(CC(=O)O)S(=O)(=O)c2ccc(OCC3CC3)cc2)cc1. The van der Waals surface area contributed by atoms with E-state index < -0.39 is 22.5 Å². The van der Waals surface area contributed by atoms with Gasteiger partial charge in [0.05, 0.1) is 11.5 Å². The number of benzene rings is 2. The number of sulfonamides is 1. The summed E-state index contributed by atoms with van der Waals surface area (Å²) in [5, 5.41) is 9.23. The van der Waals surface area contributed by atoms with E-state index in [0.29, 0.717) is 23.8 Å². The van der Waals surface area contributed by atoms with Gasteiger partial charge in [-0.15, -0.1) is 0 Å². The molecule has 0 atom stereocenters. The van der Waals surface area contributed by atoms with E-state index in [0.717, 1.165) is 9.99 Å². The van der Waals surface area contributed by atoms with Crippen molar-refractivity contribution in [1.29, 1.82) is 0 Å². The van der Waals surface area contributed by atoms with Crippen LogP contribution in [0.4, 0.5) is 5.69 Å². The van der Waals surface area contributed by atoms with E-state index in [9.17, 15) is 18.3 Å². The Kier molecular flexibility index (Phi) is 6.44. The van der Waals surface area contributed by atoms with E-state index in [4.69, 9.17) is 4.74 Å². The van der Waals surface area contributed by atoms with E-state index >= 15 is 0 Å². The number of aliphatic carboxylic acids is 1. The Balaban J connectivity index is 1.77. The fourth-order valence-electron chi connectivity index (χ4n) is 2.84. The fraction of sp³-hybridized carbons (Fsp3) is 0.381. The second-order valence-electron chi connectivity index (χ2n) is 7.45. The molecule has 0 spiro atoms. The van der Waals surface area contributed by atoms with Gasteiger partial charge in [0.15, 0.2) is 0 Å². The van der Waals surface area contributed by atoms with Crippen molar-refractivity contribution in [3.63, 3.8) is 0 Å². The zero-order chi connectivity index (χ0) is 21.0. The van der Waals surface area contributed by atoms with Crippen LogP contribution in [0.15, 0.2) is 53.4 Å². The maximum absolute atomic E-state index is 13.0. The molecule has 1 N–H and O–H groups in total. The smallest absolute Gasteiger partial charge is 0.318 e. The minimum atomic E-state index is -3.97. The molecule has 2 aromatic rings. The normalized spacial score (nSPS) is 14.0. The number of carbonyl (C=O) groups is 1. The summed E-state index contributed by atoms with van der Waals surface area (Å²) in [7, 11) is -0.148. The molecule has 8 heteroatoms. The summed E-state index contributed by atoms with van der Waals surface area (Å²) >= 11 is 0. The van der Waals surface area contributed by atoms with Gasteiger partial charge < -0.3 is 14.7 Å². The number of hydrogen-bond donors (Lipinski definition) is 1. The third-order valence-electron chi connectivity index (χ3n) is 4.77. The van der Waals surface area contributed by atoms with Gasteiger partial charge in [0.2, 0.25) is 10.0 Å². The van der Waals surface area contributed by atoms with Gasteiger partial charge in [-0.2, -0.15) is 4.31 Å². The van der Waals surface area contributed by atoms with Crippen molar-refractivity contribution in [2.24, 2.45) is 5.92 Å². The van der Waals surface area contributed by atoms with Crippen LogP contribution >= 0.6 is 0 Å². The maximum Gasteiger partial charge on any atom is 0.318 e. The molecule has 3 rings (SSSR count). The number of carboxylic acid groups (broad SMARTS) is 1. The van der Waals surface area contributed by atoms with Crippen LogP contribution < -0.4 is 9.64 Å². The van der Waals surface area contributed by atoms with Crippen LogP contribution in [-0.4, -0.2) is 51.0 Å². The molecule has 1 saturated carbocycles. The molecule has 0 amide bonds. The molecule has 2 aromatic carbocycles.